The smallest absolute Gasteiger partial charge is 0.224 e. The first kappa shape index (κ1) is 28.2. The Morgan fingerprint density at radius 2 is 2.00 bits per heavy atom. The quantitative estimate of drug-likeness (QED) is 0.153. The highest BCUT2D eigenvalue weighted by molar-refractivity contribution is 5.82. The molecule has 1 atom stereocenters. The summed E-state index contributed by atoms with van der Waals surface area (Å²) in [5, 5.41) is 9.64. The van der Waals surface area contributed by atoms with E-state index in [1.165, 1.54) is 25.6 Å². The third kappa shape index (κ3) is 11.1. The van der Waals surface area contributed by atoms with Crippen LogP contribution in [0.2, 0.25) is 0 Å². The number of anilines is 3. The van der Waals surface area contributed by atoms with Crippen molar-refractivity contribution in [1.29, 1.82) is 0 Å². The van der Waals surface area contributed by atoms with Crippen molar-refractivity contribution < 1.29 is 13.5 Å². The zero-order valence-corrected chi connectivity index (χ0v) is 20.3. The van der Waals surface area contributed by atoms with Gasteiger partial charge in [0.25, 0.3) is 0 Å². The molecule has 0 saturated heterocycles. The zero-order chi connectivity index (χ0) is 24.6. The second kappa shape index (κ2) is 15.9. The Kier molecular flexibility index (Phi) is 13.6. The van der Waals surface area contributed by atoms with E-state index in [-0.39, 0.29) is 6.04 Å². The van der Waals surface area contributed by atoms with E-state index in [0.717, 1.165) is 26.2 Å². The maximum Gasteiger partial charge on any atom is 0.224 e. The molecule has 3 N–H and O–H groups in total. The molecule has 1 aromatic heterocycles. The van der Waals surface area contributed by atoms with Gasteiger partial charge in [0, 0.05) is 25.8 Å². The van der Waals surface area contributed by atoms with E-state index in [0.29, 0.717) is 30.1 Å². The second-order valence-corrected chi connectivity index (χ2v) is 7.86. The molecule has 0 amide bonds. The van der Waals surface area contributed by atoms with Crippen LogP contribution in [0, 0.1) is 0 Å². The van der Waals surface area contributed by atoms with Gasteiger partial charge >= 0.3 is 0 Å². The summed E-state index contributed by atoms with van der Waals surface area (Å²) in [4.78, 5) is 12.8. The number of hydrogen-bond acceptors (Lipinski definition) is 6. The third-order valence-corrected chi connectivity index (χ3v) is 4.86. The van der Waals surface area contributed by atoms with Gasteiger partial charge in [0.2, 0.25) is 5.95 Å². The lowest BCUT2D eigenvalue weighted by Crippen LogP contribution is -2.24. The maximum atomic E-state index is 13.4. The van der Waals surface area contributed by atoms with Gasteiger partial charge in [0.1, 0.15) is 23.0 Å². The summed E-state index contributed by atoms with van der Waals surface area (Å²) >= 11 is 0. The lowest BCUT2D eigenvalue weighted by Gasteiger charge is -2.23. The number of methoxy groups -OCH3 is 1. The lowest BCUT2D eigenvalue weighted by molar-refractivity contribution is 0.191. The van der Waals surface area contributed by atoms with Gasteiger partial charge in [-0.25, -0.2) is 18.8 Å². The first-order valence-electron chi connectivity index (χ1n) is 11.3. The van der Waals surface area contributed by atoms with E-state index >= 15 is 0 Å². The van der Waals surface area contributed by atoms with Crippen LogP contribution in [0.1, 0.15) is 59.3 Å². The molecule has 1 aliphatic rings. The summed E-state index contributed by atoms with van der Waals surface area (Å²) in [6.45, 7) is 12.1. The Labute approximate surface area is 196 Å². The fourth-order valence-electron chi connectivity index (χ4n) is 3.21. The number of hydrogen-bond donors (Lipinski definition) is 3. The van der Waals surface area contributed by atoms with Gasteiger partial charge in [0.15, 0.2) is 5.82 Å². The molecular weight excluding hydrogens is 426 g/mol. The number of rotatable bonds is 11. The van der Waals surface area contributed by atoms with Crippen LogP contribution in [0.25, 0.3) is 0 Å². The molecule has 1 fully saturated rings. The molecule has 1 aromatic rings. The zero-order valence-electron chi connectivity index (χ0n) is 20.3. The van der Waals surface area contributed by atoms with E-state index in [1.54, 1.807) is 19.4 Å². The van der Waals surface area contributed by atoms with Crippen molar-refractivity contribution in [2.75, 3.05) is 29.7 Å². The Hall–Kier alpha value is -2.81. The number of aromatic nitrogens is 2. The molecule has 1 saturated carbocycles. The van der Waals surface area contributed by atoms with Gasteiger partial charge < -0.3 is 20.7 Å². The normalized spacial score (nSPS) is 15.7. The van der Waals surface area contributed by atoms with Crippen molar-refractivity contribution in [3.63, 3.8) is 0 Å². The molecule has 0 radical (unpaired) electrons. The van der Waals surface area contributed by atoms with Crippen molar-refractivity contribution in [3.05, 3.63) is 42.8 Å². The molecule has 2 rings (SSSR count). The van der Waals surface area contributed by atoms with Crippen LogP contribution >= 0.6 is 0 Å². The number of nitrogens with one attached hydrogen (secondary N) is 3. The van der Waals surface area contributed by atoms with E-state index in [9.17, 15) is 8.78 Å². The monoisotopic (exact) mass is 464 g/mol. The number of ether oxygens (including phenoxy) is 1. The summed E-state index contributed by atoms with van der Waals surface area (Å²) in [5.74, 6) is -0.582. The highest BCUT2D eigenvalue weighted by Crippen LogP contribution is 2.24. The first-order valence-corrected chi connectivity index (χ1v) is 11.3. The van der Waals surface area contributed by atoms with Gasteiger partial charge in [-0.05, 0) is 40.0 Å². The minimum absolute atomic E-state index is 0.0917. The minimum atomic E-state index is -0.942. The topological polar surface area (TPSA) is 83.5 Å². The standard InChI is InChI=1S/C21H32F2N6O.C3H6/c1-14(10-11-30-4)27-20-18(25-13-26-19(15(2)22)16(3)23)12-24-21(29-20)28-17-8-6-5-7-9-17;1-3-2/h12-14,17H,2,5-11H2,1,3-4H3,(H,25,26)(H2,24,27,28,29);3H,1H2,2H3/b19-16-;. The third-order valence-electron chi connectivity index (χ3n) is 4.86. The van der Waals surface area contributed by atoms with Crippen molar-refractivity contribution in [3.8, 4) is 0 Å². The largest absolute Gasteiger partial charge is 0.385 e. The van der Waals surface area contributed by atoms with E-state index in [1.807, 2.05) is 13.8 Å². The summed E-state index contributed by atoms with van der Waals surface area (Å²) in [6.07, 6.45) is 11.2. The molecule has 0 aromatic carbocycles. The summed E-state index contributed by atoms with van der Waals surface area (Å²) in [5.41, 5.74) is 0.0968. The van der Waals surface area contributed by atoms with Gasteiger partial charge in [0.05, 0.1) is 12.5 Å². The molecule has 9 heteroatoms. The fourth-order valence-corrected chi connectivity index (χ4v) is 3.21. The summed E-state index contributed by atoms with van der Waals surface area (Å²) < 4.78 is 31.8. The fraction of sp³-hybridized carbons (Fsp3) is 0.542. The second-order valence-electron chi connectivity index (χ2n) is 7.86. The number of aliphatic imine (C=N–C) groups is 1. The number of halogens is 2. The molecule has 7 nitrogen and oxygen atoms in total. The predicted molar refractivity (Wildman–Crippen MR) is 134 cm³/mol. The van der Waals surface area contributed by atoms with Crippen LogP contribution in [0.4, 0.5) is 26.2 Å². The molecule has 1 heterocycles. The van der Waals surface area contributed by atoms with Crippen LogP contribution in [0.15, 0.2) is 47.8 Å². The van der Waals surface area contributed by atoms with Crippen LogP contribution in [-0.4, -0.2) is 42.1 Å². The summed E-state index contributed by atoms with van der Waals surface area (Å²) in [7, 11) is 1.66. The average Bonchev–Trinajstić information content (AvgIpc) is 2.77. The SMILES string of the molecule is C=C(F)/C(N=CNc1cnc(NC2CCCCC2)nc1NC(C)CCOC)=C(\C)F.C=CC. The van der Waals surface area contributed by atoms with Gasteiger partial charge in [-0.1, -0.05) is 31.9 Å². The number of nitrogens with zero attached hydrogens (tertiary/aromatic N) is 3. The van der Waals surface area contributed by atoms with Crippen molar-refractivity contribution in [2.45, 2.75) is 71.4 Å². The summed E-state index contributed by atoms with van der Waals surface area (Å²) in [6, 6.07) is 0.461. The Bertz CT molecular complexity index is 802. The Morgan fingerprint density at radius 1 is 1.33 bits per heavy atom. The molecule has 33 heavy (non-hydrogen) atoms. The van der Waals surface area contributed by atoms with E-state index < -0.39 is 17.4 Å². The first-order chi connectivity index (χ1) is 15.8. The predicted octanol–water partition coefficient (Wildman–Crippen LogP) is 6.37. The Morgan fingerprint density at radius 3 is 2.58 bits per heavy atom. The van der Waals surface area contributed by atoms with Crippen LogP contribution in [0.3, 0.4) is 0 Å². The van der Waals surface area contributed by atoms with Crippen molar-refractivity contribution in [1.82, 2.24) is 9.97 Å². The molecule has 0 aliphatic heterocycles. The highest BCUT2D eigenvalue weighted by Gasteiger charge is 2.16. The van der Waals surface area contributed by atoms with E-state index in [4.69, 9.17) is 4.74 Å². The van der Waals surface area contributed by atoms with Gasteiger partial charge in [-0.15, -0.1) is 6.58 Å². The van der Waals surface area contributed by atoms with Gasteiger partial charge in [-0.3, -0.25) is 0 Å². The maximum absolute atomic E-state index is 13.4. The molecule has 0 bridgehead atoms. The van der Waals surface area contributed by atoms with Crippen LogP contribution in [0.5, 0.6) is 0 Å². The van der Waals surface area contributed by atoms with Crippen LogP contribution < -0.4 is 16.0 Å². The Balaban J connectivity index is 0.00000172. The molecular formula is C24H38F2N6O. The highest BCUT2D eigenvalue weighted by atomic mass is 19.1. The van der Waals surface area contributed by atoms with Crippen molar-refractivity contribution >= 4 is 23.8 Å². The van der Waals surface area contributed by atoms with Gasteiger partial charge in [-0.2, -0.15) is 4.98 Å². The van der Waals surface area contributed by atoms with Crippen molar-refractivity contribution in [2.24, 2.45) is 4.99 Å². The lowest BCUT2D eigenvalue weighted by atomic mass is 9.96. The molecule has 1 aliphatic carbocycles. The van der Waals surface area contributed by atoms with Crippen LogP contribution in [-0.2, 0) is 4.74 Å². The molecule has 0 spiro atoms. The molecule has 184 valence electrons. The molecule has 1 unspecified atom stereocenters. The average molecular weight is 465 g/mol. The minimum Gasteiger partial charge on any atom is -0.385 e. The number of allylic oxidation sites excluding steroid dienone is 3. The van der Waals surface area contributed by atoms with E-state index in [2.05, 4.69) is 44.1 Å².